The van der Waals surface area contributed by atoms with Crippen LogP contribution < -0.4 is 9.80 Å². The molecule has 0 bridgehead atoms. The highest BCUT2D eigenvalue weighted by molar-refractivity contribution is 9.09. The number of alkyl halides is 14. The molecule has 2 saturated heterocycles. The van der Waals surface area contributed by atoms with Gasteiger partial charge in [0.25, 0.3) is 11.2 Å². The van der Waals surface area contributed by atoms with Gasteiger partial charge in [0.15, 0.2) is 5.78 Å². The molecule has 476 valence electrons. The van der Waals surface area contributed by atoms with E-state index >= 15 is 57.5 Å². The molecule has 0 aliphatic carbocycles. The number of piperazine rings is 2. The van der Waals surface area contributed by atoms with Gasteiger partial charge in [-0.3, -0.25) is 14.6 Å². The van der Waals surface area contributed by atoms with Crippen molar-refractivity contribution in [1.82, 2.24) is 19.8 Å². The lowest BCUT2D eigenvalue weighted by Gasteiger charge is -2.48. The van der Waals surface area contributed by atoms with Crippen LogP contribution in [0.2, 0.25) is 0 Å². The van der Waals surface area contributed by atoms with Crippen molar-refractivity contribution in [2.75, 3.05) is 59.7 Å². The number of fused-ring (bicyclic) bond motifs is 2. The summed E-state index contributed by atoms with van der Waals surface area (Å²) >= 11 is 7.32. The second-order valence-corrected chi connectivity index (χ2v) is 23.5. The molecule has 2 aromatic heterocycles. The molecule has 2 N–H and O–H groups in total. The molecular formula is C67H62Br2F12N6O3. The van der Waals surface area contributed by atoms with Crippen LogP contribution in [0.25, 0.3) is 34.0 Å². The third-order valence-electron chi connectivity index (χ3n) is 16.8. The van der Waals surface area contributed by atoms with Gasteiger partial charge < -0.3 is 29.2 Å². The van der Waals surface area contributed by atoms with E-state index < -0.39 is 84.4 Å². The van der Waals surface area contributed by atoms with Gasteiger partial charge in [0.1, 0.15) is 0 Å². The fourth-order valence-corrected chi connectivity index (χ4v) is 13.9. The smallest absolute Gasteiger partial charge is 0.360 e. The van der Waals surface area contributed by atoms with Crippen molar-refractivity contribution in [2.24, 2.45) is 0 Å². The molecule has 9 nitrogen and oxygen atoms in total. The average molecular weight is 1390 g/mol. The second kappa shape index (κ2) is 26.7. The van der Waals surface area contributed by atoms with E-state index in [-0.39, 0.29) is 78.0 Å². The van der Waals surface area contributed by atoms with Gasteiger partial charge in [-0.15, -0.1) is 0 Å². The minimum atomic E-state index is -5.95. The molecule has 23 heteroatoms. The number of nitrogens with zero attached hydrogens (tertiary/aromatic N) is 4. The minimum Gasteiger partial charge on any atom is -0.360 e. The third-order valence-corrected chi connectivity index (χ3v) is 18.1. The number of ether oxygens (including phenoxy) is 2. The van der Waals surface area contributed by atoms with Crippen molar-refractivity contribution in [3.05, 3.63) is 215 Å². The number of halogens is 14. The first-order valence-corrected chi connectivity index (χ1v) is 31.1. The van der Waals surface area contributed by atoms with Gasteiger partial charge in [-0.25, -0.2) is 0 Å². The highest BCUT2D eigenvalue weighted by atomic mass is 79.9. The van der Waals surface area contributed by atoms with E-state index in [1.54, 1.807) is 26.0 Å². The van der Waals surface area contributed by atoms with Crippen LogP contribution in [0.1, 0.15) is 70.7 Å². The third kappa shape index (κ3) is 12.9. The van der Waals surface area contributed by atoms with E-state index in [9.17, 15) is 0 Å². The number of carbonyl (C=O) groups is 1. The molecule has 2 fully saturated rings. The summed E-state index contributed by atoms with van der Waals surface area (Å²) in [6, 6.07) is 36.2. The fraction of sp³-hybridized carbons (Fsp3) is 0.328. The number of H-pyrrole nitrogens is 2. The lowest BCUT2D eigenvalue weighted by Crippen LogP contribution is -2.61. The molecule has 0 radical (unpaired) electrons. The highest BCUT2D eigenvalue weighted by Gasteiger charge is 2.74. The predicted octanol–water partition coefficient (Wildman–Crippen LogP) is 17.3. The van der Waals surface area contributed by atoms with E-state index in [1.807, 2.05) is 80.3 Å². The summed E-state index contributed by atoms with van der Waals surface area (Å²) in [4.78, 5) is 30.3. The first-order chi connectivity index (χ1) is 42.9. The van der Waals surface area contributed by atoms with Gasteiger partial charge >= 0.3 is 24.7 Å². The van der Waals surface area contributed by atoms with Crippen LogP contribution in [0.4, 0.5) is 64.1 Å². The Morgan fingerprint density at radius 2 is 0.856 bits per heavy atom. The monoisotopic (exact) mass is 1380 g/mol. The number of aromatic nitrogens is 2. The van der Waals surface area contributed by atoms with Crippen molar-refractivity contribution < 1.29 is 67.0 Å². The Morgan fingerprint density at radius 3 is 1.19 bits per heavy atom. The number of carbonyl (C=O) groups excluding carboxylic acids is 1. The predicted molar refractivity (Wildman–Crippen MR) is 332 cm³/mol. The number of para-hydroxylation sites is 2. The van der Waals surface area contributed by atoms with Gasteiger partial charge in [-0.2, -0.15) is 52.7 Å². The Kier molecular flexibility index (Phi) is 19.6. The molecule has 2 aliphatic heterocycles. The average Bonchev–Trinajstić information content (AvgIpc) is 0.893. The molecule has 8 aromatic rings. The first-order valence-electron chi connectivity index (χ1n) is 28.9. The fourth-order valence-electron chi connectivity index (χ4n) is 12.5. The number of nitrogens with one attached hydrogen (secondary N) is 2. The zero-order valence-corrected chi connectivity index (χ0v) is 51.7. The lowest BCUT2D eigenvalue weighted by atomic mass is 9.89. The molecule has 6 aromatic carbocycles. The van der Waals surface area contributed by atoms with E-state index in [0.29, 0.717) is 22.8 Å². The quantitative estimate of drug-likeness (QED) is 0.0581. The van der Waals surface area contributed by atoms with Crippen LogP contribution in [0.15, 0.2) is 170 Å². The Morgan fingerprint density at radius 1 is 0.500 bits per heavy atom. The summed E-state index contributed by atoms with van der Waals surface area (Å²) < 4.78 is 193. The number of anilines is 2. The molecule has 2 aliphatic rings. The summed E-state index contributed by atoms with van der Waals surface area (Å²) in [6.07, 6.45) is -17.9. The summed E-state index contributed by atoms with van der Waals surface area (Å²) in [6.45, 7) is 2.19. The number of hydrogen-bond acceptors (Lipinski definition) is 7. The molecule has 0 saturated carbocycles. The van der Waals surface area contributed by atoms with Gasteiger partial charge in [-0.05, 0) is 95.4 Å². The normalized spacial score (nSPS) is 18.0. The van der Waals surface area contributed by atoms with Crippen molar-refractivity contribution in [3.63, 3.8) is 0 Å². The molecule has 4 atom stereocenters. The highest BCUT2D eigenvalue weighted by Crippen LogP contribution is 2.56. The van der Waals surface area contributed by atoms with Crippen molar-refractivity contribution in [2.45, 2.75) is 87.1 Å². The van der Waals surface area contributed by atoms with E-state index in [1.165, 1.54) is 85.0 Å². The van der Waals surface area contributed by atoms with E-state index in [0.717, 1.165) is 46.1 Å². The Bertz CT molecular complexity index is 3490. The summed E-state index contributed by atoms with van der Waals surface area (Å²) in [5.74, 6) is -0.202. The number of Topliss-reactive ketones (excluding diaryl/α,β-unsaturated/α-hetero) is 1. The molecule has 0 spiro atoms. The summed E-state index contributed by atoms with van der Waals surface area (Å²) in [7, 11) is 0. The second-order valence-electron chi connectivity index (χ2n) is 22.2. The Labute approximate surface area is 528 Å². The van der Waals surface area contributed by atoms with Crippen molar-refractivity contribution in [1.29, 1.82) is 0 Å². The number of benzene rings is 6. The zero-order chi connectivity index (χ0) is 64.4. The Balaban J connectivity index is 0.979. The lowest BCUT2D eigenvalue weighted by molar-refractivity contribution is -0.393. The maximum Gasteiger partial charge on any atom is 0.430 e. The van der Waals surface area contributed by atoms with Crippen LogP contribution in [0, 0.1) is 0 Å². The van der Waals surface area contributed by atoms with Crippen molar-refractivity contribution in [3.8, 4) is 0 Å². The van der Waals surface area contributed by atoms with E-state index in [4.69, 9.17) is 9.47 Å². The first kappa shape index (κ1) is 66.0. The SMILES string of the molecule is CC=Cc1cc(C(OCc2ccccc2)(C(F)(F)F)C(F)(F)F)ccc1N1CCN([C@H](CBr)C(=O)[C@@H](CBr)N2CCN(c3ccc(C(OCc4ccccc4)(C(F)(F)F)C(F)(F)F)cc3C=CC)C(c3cc4ccccc4[nH]3)C2)CC1c1cc2ccccc2[nH]1. The maximum atomic E-state index is 15.5. The molecule has 2 unspecified atom stereocenters. The Hall–Kier alpha value is -6.89. The largest absolute Gasteiger partial charge is 0.430 e. The minimum absolute atomic E-state index is 0.0548. The number of hydrogen-bond donors (Lipinski definition) is 2. The maximum absolute atomic E-state index is 15.5. The summed E-state index contributed by atoms with van der Waals surface area (Å²) in [5, 5.41) is 1.95. The topological polar surface area (TPSA) is 80.1 Å². The van der Waals surface area contributed by atoms with Gasteiger partial charge in [0.2, 0.25) is 0 Å². The molecular weight excluding hydrogens is 1320 g/mol. The molecule has 4 heterocycles. The molecule has 0 amide bonds. The van der Waals surface area contributed by atoms with E-state index in [2.05, 4.69) is 41.8 Å². The van der Waals surface area contributed by atoms with Crippen LogP contribution in [0.3, 0.4) is 0 Å². The number of allylic oxidation sites excluding steroid dienone is 2. The molecule has 10 rings (SSSR count). The van der Waals surface area contributed by atoms with Gasteiger partial charge in [0.05, 0.1) is 37.4 Å². The van der Waals surface area contributed by atoms with Crippen LogP contribution in [0.5, 0.6) is 0 Å². The number of ketones is 1. The number of aromatic amines is 2. The molecule has 90 heavy (non-hydrogen) atoms. The van der Waals surface area contributed by atoms with Crippen LogP contribution >= 0.6 is 31.9 Å². The van der Waals surface area contributed by atoms with Gasteiger partial charge in [-0.1, -0.05) is 165 Å². The standard InChI is InChI=1S/C67H62Br2F12N6O3/c1-3-15-47-33-49(62(64(70,71)72,65(73,74)75)89-41-43-17-7-5-8-18-43)25-27-55(47)86-31-29-84(39-59(86)53-35-45-21-11-13-23-51(45)82-53)57(37-68)61(88)58(38-69)85-30-32-87(60(40-85)54-36-46-22-12-14-24-52(46)83-54)56-28-26-50(34-48(56)16-4-2)63(66(76,77)78,67(79,80)81)90-42-44-19-9-6-10-20-44/h3-28,33-36,57-60,82-83H,29-32,37-42H2,1-2H3/t57-,58-,59?,60?/m1/s1. The van der Waals surface area contributed by atoms with Gasteiger partial charge in [0, 0.05) is 94.9 Å². The summed E-state index contributed by atoms with van der Waals surface area (Å²) in [5.41, 5.74) is -7.96. The van der Waals surface area contributed by atoms with Crippen LogP contribution in [-0.2, 0) is 38.7 Å². The number of rotatable bonds is 20. The van der Waals surface area contributed by atoms with Crippen LogP contribution in [-0.4, -0.2) is 112 Å². The van der Waals surface area contributed by atoms with Crippen molar-refractivity contribution >= 4 is 83.0 Å². The zero-order valence-electron chi connectivity index (χ0n) is 48.5.